The SMILES string of the molecule is CCC(CC(F)(F)F)C(=O)/C=C(\O)C(CC)CC.Cc1[c-]c2c3nccc4cc([Si](C)(C)C)cc(c43)n3c4ccc(CC(C)(C)C)cc4c(c1)c23.[Ir]. The van der Waals surface area contributed by atoms with E-state index in [1.165, 1.54) is 61.3 Å². The molecule has 1 radical (unpaired) electrons. The topological polar surface area (TPSA) is 54.6 Å². The number of carbonyl (C=O) groups excluding carboxylic acids is 1. The summed E-state index contributed by atoms with van der Waals surface area (Å²) < 4.78 is 39.2. The Bertz CT molecular complexity index is 2240. The van der Waals surface area contributed by atoms with E-state index < -0.39 is 32.4 Å². The number of rotatable bonds is 9. The summed E-state index contributed by atoms with van der Waals surface area (Å²) in [5.41, 5.74) is 7.71. The van der Waals surface area contributed by atoms with Crippen molar-refractivity contribution in [2.45, 2.75) is 106 Å². The number of ketones is 1. The van der Waals surface area contributed by atoms with Gasteiger partial charge in [-0.3, -0.25) is 4.79 Å². The quantitative estimate of drug-likeness (QED) is 0.0393. The third-order valence-electron chi connectivity index (χ3n) is 9.98. The van der Waals surface area contributed by atoms with Crippen LogP contribution in [0.15, 0.2) is 60.5 Å². The molecule has 52 heavy (non-hydrogen) atoms. The van der Waals surface area contributed by atoms with Gasteiger partial charge in [0, 0.05) is 55.2 Å². The minimum absolute atomic E-state index is 0. The molecule has 0 aliphatic carbocycles. The molecular weight excluding hydrogens is 854 g/mol. The zero-order chi connectivity index (χ0) is 37.6. The van der Waals surface area contributed by atoms with Gasteiger partial charge in [0.05, 0.1) is 20.3 Å². The van der Waals surface area contributed by atoms with Gasteiger partial charge in [-0.25, -0.2) is 0 Å². The van der Waals surface area contributed by atoms with Gasteiger partial charge < -0.3 is 14.5 Å². The second-order valence-electron chi connectivity index (χ2n) is 16.4. The summed E-state index contributed by atoms with van der Waals surface area (Å²) in [6, 6.07) is 20.1. The Balaban J connectivity index is 0.000000275. The largest absolute Gasteiger partial charge is 0.512 e. The van der Waals surface area contributed by atoms with Crippen molar-refractivity contribution >= 4 is 68.0 Å². The molecule has 1 unspecified atom stereocenters. The molecule has 0 spiro atoms. The maximum Gasteiger partial charge on any atom is 0.389 e. The number of hydrogen-bond acceptors (Lipinski definition) is 3. The number of hydrogen-bond donors (Lipinski definition) is 1. The second kappa shape index (κ2) is 15.6. The Hall–Kier alpha value is -3.26. The number of aromatic nitrogens is 2. The van der Waals surface area contributed by atoms with E-state index in [0.29, 0.717) is 12.8 Å². The maximum absolute atomic E-state index is 12.2. The number of pyridine rings is 2. The minimum Gasteiger partial charge on any atom is -0.512 e. The van der Waals surface area contributed by atoms with E-state index in [1.807, 2.05) is 20.0 Å². The molecule has 6 rings (SSSR count). The Morgan fingerprint density at radius 2 is 1.60 bits per heavy atom. The van der Waals surface area contributed by atoms with Crippen molar-refractivity contribution in [1.29, 1.82) is 0 Å². The molecule has 9 heteroatoms. The molecule has 6 aromatic rings. The first kappa shape index (κ1) is 41.5. The number of aliphatic hydroxyl groups is 1. The third-order valence-corrected chi connectivity index (χ3v) is 12.0. The maximum atomic E-state index is 12.2. The number of halogens is 3. The first-order valence-corrected chi connectivity index (χ1v) is 21.7. The van der Waals surface area contributed by atoms with E-state index in [1.54, 1.807) is 0 Å². The van der Waals surface area contributed by atoms with Crippen LogP contribution in [0.5, 0.6) is 0 Å². The van der Waals surface area contributed by atoms with Crippen LogP contribution in [-0.2, 0) is 31.3 Å². The Morgan fingerprint density at radius 3 is 2.17 bits per heavy atom. The zero-order valence-corrected chi connectivity index (χ0v) is 35.5. The molecule has 0 aliphatic rings. The second-order valence-corrected chi connectivity index (χ2v) is 21.5. The van der Waals surface area contributed by atoms with Crippen LogP contribution in [0.1, 0.15) is 78.4 Å². The number of alkyl halides is 3. The van der Waals surface area contributed by atoms with Gasteiger partial charge in [-0.1, -0.05) is 102 Å². The molecule has 0 bridgehead atoms. The molecule has 1 atom stereocenters. The molecule has 3 heterocycles. The first-order chi connectivity index (χ1) is 23.8. The van der Waals surface area contributed by atoms with Crippen LogP contribution < -0.4 is 5.19 Å². The van der Waals surface area contributed by atoms with Crippen LogP contribution >= 0.6 is 0 Å². The van der Waals surface area contributed by atoms with Gasteiger partial charge in [-0.15, -0.1) is 17.7 Å². The average molecular weight is 906 g/mol. The van der Waals surface area contributed by atoms with E-state index in [4.69, 9.17) is 4.98 Å². The predicted molar refractivity (Wildman–Crippen MR) is 210 cm³/mol. The summed E-state index contributed by atoms with van der Waals surface area (Å²) in [4.78, 5) is 16.6. The molecule has 0 aliphatic heterocycles. The van der Waals surface area contributed by atoms with Crippen molar-refractivity contribution < 1.29 is 43.2 Å². The van der Waals surface area contributed by atoms with Gasteiger partial charge in [0.15, 0.2) is 5.78 Å². The first-order valence-electron chi connectivity index (χ1n) is 18.2. The van der Waals surface area contributed by atoms with E-state index in [2.05, 4.69) is 100 Å². The third kappa shape index (κ3) is 8.74. The normalized spacial score (nSPS) is 13.7. The molecule has 3 aromatic heterocycles. The molecule has 3 aromatic carbocycles. The Kier molecular flexibility index (Phi) is 12.5. The summed E-state index contributed by atoms with van der Waals surface area (Å²) in [6.07, 6.45) is -0.0501. The van der Waals surface area contributed by atoms with Crippen molar-refractivity contribution in [2.24, 2.45) is 17.3 Å². The average Bonchev–Trinajstić information content (AvgIpc) is 3.34. The van der Waals surface area contributed by atoms with Gasteiger partial charge in [0.25, 0.3) is 0 Å². The standard InChI is InChI=1S/C30H31N2Si.C13H21F3O2.Ir/c1-18-12-23-22-14-19(17-30(2,3)4)8-9-25(22)32-26-16-21(33(5,6)7)15-20-10-11-31-28(27(20)26)24(13-18)29(23)32;1-4-9(5-2)11(17)7-12(18)10(6-3)8-13(14,15)16;/h8-12,14-16H,17H2,1-7H3;7,9-10,17H,4-6,8H2,1-3H3;/q-1;;/b;11-7-;. The van der Waals surface area contributed by atoms with Crippen LogP contribution in [0.25, 0.3) is 49.0 Å². The monoisotopic (exact) mass is 906 g/mol. The predicted octanol–water partition coefficient (Wildman–Crippen LogP) is 12.0. The van der Waals surface area contributed by atoms with E-state index >= 15 is 0 Å². The Morgan fingerprint density at radius 1 is 0.942 bits per heavy atom. The van der Waals surface area contributed by atoms with Crippen molar-refractivity contribution in [3.05, 3.63) is 77.7 Å². The summed E-state index contributed by atoms with van der Waals surface area (Å²) >= 11 is 0. The summed E-state index contributed by atoms with van der Waals surface area (Å²) in [5.74, 6) is -2.00. The number of allylic oxidation sites excluding steroid dienone is 2. The fraction of sp³-hybridized carbons (Fsp3) is 0.442. The molecule has 0 fully saturated rings. The van der Waals surface area contributed by atoms with Crippen LogP contribution in [0, 0.1) is 30.2 Å². The number of benzene rings is 3. The van der Waals surface area contributed by atoms with Crippen LogP contribution in [0.3, 0.4) is 0 Å². The van der Waals surface area contributed by atoms with E-state index in [-0.39, 0.29) is 43.6 Å². The van der Waals surface area contributed by atoms with Gasteiger partial charge in [-0.05, 0) is 82.1 Å². The fourth-order valence-corrected chi connectivity index (χ4v) is 8.47. The number of carbonyl (C=O) groups is 1. The molecule has 0 saturated carbocycles. The smallest absolute Gasteiger partial charge is 0.389 e. The number of fused-ring (bicyclic) bond motifs is 5. The van der Waals surface area contributed by atoms with Crippen LogP contribution in [0.4, 0.5) is 13.2 Å². The molecule has 1 N–H and O–H groups in total. The minimum atomic E-state index is -4.35. The molecule has 0 saturated heterocycles. The van der Waals surface area contributed by atoms with Crippen molar-refractivity contribution in [3.8, 4) is 0 Å². The van der Waals surface area contributed by atoms with Gasteiger partial charge in [0.2, 0.25) is 0 Å². The molecule has 281 valence electrons. The number of aliphatic hydroxyl groups excluding tert-OH is 1. The van der Waals surface area contributed by atoms with Crippen LogP contribution in [-0.4, -0.2) is 34.5 Å². The van der Waals surface area contributed by atoms with E-state index in [9.17, 15) is 23.1 Å². The zero-order valence-electron chi connectivity index (χ0n) is 32.1. The van der Waals surface area contributed by atoms with Gasteiger partial charge >= 0.3 is 6.18 Å². The molecule has 0 amide bonds. The molecule has 4 nitrogen and oxygen atoms in total. The fourth-order valence-electron chi connectivity index (χ4n) is 7.32. The summed E-state index contributed by atoms with van der Waals surface area (Å²) in [6.45, 7) is 21.6. The van der Waals surface area contributed by atoms with Crippen molar-refractivity contribution in [3.63, 3.8) is 0 Å². The van der Waals surface area contributed by atoms with Gasteiger partial charge in [0.1, 0.15) is 0 Å². The summed E-state index contributed by atoms with van der Waals surface area (Å²) in [7, 11) is -1.50. The van der Waals surface area contributed by atoms with Gasteiger partial charge in [-0.2, -0.15) is 13.2 Å². The Labute approximate surface area is 320 Å². The number of aryl methyl sites for hydroxylation is 1. The van der Waals surface area contributed by atoms with Crippen molar-refractivity contribution in [2.75, 3.05) is 0 Å². The van der Waals surface area contributed by atoms with Crippen LogP contribution in [0.2, 0.25) is 19.6 Å². The number of nitrogens with zero attached hydrogens (tertiary/aromatic N) is 2. The van der Waals surface area contributed by atoms with Crippen molar-refractivity contribution in [1.82, 2.24) is 9.38 Å². The molecular formula is C43H52F3IrN2O2Si-. The van der Waals surface area contributed by atoms with E-state index in [0.717, 1.165) is 23.4 Å². The summed E-state index contributed by atoms with van der Waals surface area (Å²) in [5, 5.41) is 17.5.